The fourth-order valence-corrected chi connectivity index (χ4v) is 3.55. The molecule has 0 spiro atoms. The average molecular weight is 400 g/mol. The molecule has 0 atom stereocenters. The van der Waals surface area contributed by atoms with E-state index >= 15 is 0 Å². The van der Waals surface area contributed by atoms with Crippen LogP contribution in [0.15, 0.2) is 71.7 Å². The highest BCUT2D eigenvalue weighted by Gasteiger charge is 2.14. The van der Waals surface area contributed by atoms with Crippen LogP contribution in [0.5, 0.6) is 0 Å². The van der Waals surface area contributed by atoms with Gasteiger partial charge in [-0.25, -0.2) is 9.78 Å². The van der Waals surface area contributed by atoms with E-state index in [0.717, 1.165) is 16.6 Å². The average Bonchev–Trinajstić information content (AvgIpc) is 3.01. The maximum absolute atomic E-state index is 13.1. The Morgan fingerprint density at radius 2 is 1.77 bits per heavy atom. The number of aryl methyl sites for hydroxylation is 2. The minimum absolute atomic E-state index is 0.130. The highest BCUT2D eigenvalue weighted by Crippen LogP contribution is 2.13. The molecule has 6 heteroatoms. The lowest BCUT2D eigenvalue weighted by molar-refractivity contribution is 0.0952. The fraction of sp³-hybridized carbons (Fsp3) is 0.208. The summed E-state index contributed by atoms with van der Waals surface area (Å²) in [5, 5.41) is 2.90. The largest absolute Gasteiger partial charge is 0.350 e. The summed E-state index contributed by atoms with van der Waals surface area (Å²) in [6, 6.07) is 19.3. The van der Waals surface area contributed by atoms with Crippen molar-refractivity contribution in [1.29, 1.82) is 0 Å². The lowest BCUT2D eigenvalue weighted by atomic mass is 10.1. The Bertz CT molecular complexity index is 1250. The molecular weight excluding hydrogens is 376 g/mol. The summed E-state index contributed by atoms with van der Waals surface area (Å²) in [6.07, 6.45) is 1.68. The van der Waals surface area contributed by atoms with E-state index in [2.05, 4.69) is 10.3 Å². The standard InChI is InChI=1S/C24H24N4O2/c1-17-8-10-19(11-9-17)16-28-21-7-4-12-25-22(21)27(24(28)30)14-13-26-23(29)20-6-3-5-18(2)15-20/h3-12,15H,13-14,16H2,1-2H3,(H,26,29). The molecule has 0 bridgehead atoms. The molecule has 0 aliphatic rings. The maximum Gasteiger partial charge on any atom is 0.330 e. The Labute approximate surface area is 174 Å². The van der Waals surface area contributed by atoms with Crippen LogP contribution in [0.3, 0.4) is 0 Å². The number of fused-ring (bicyclic) bond motifs is 1. The van der Waals surface area contributed by atoms with Gasteiger partial charge in [-0.3, -0.25) is 13.9 Å². The first-order valence-corrected chi connectivity index (χ1v) is 9.97. The zero-order valence-corrected chi connectivity index (χ0v) is 17.1. The first kappa shape index (κ1) is 19.6. The molecule has 0 radical (unpaired) electrons. The van der Waals surface area contributed by atoms with Crippen molar-refractivity contribution in [2.75, 3.05) is 6.54 Å². The van der Waals surface area contributed by atoms with E-state index in [0.29, 0.717) is 30.8 Å². The topological polar surface area (TPSA) is 68.9 Å². The SMILES string of the molecule is Cc1ccc(Cn2c(=O)n(CCNC(=O)c3cccc(C)c3)c3ncccc32)cc1. The van der Waals surface area contributed by atoms with E-state index in [1.807, 2.05) is 68.4 Å². The molecule has 152 valence electrons. The molecule has 0 aliphatic carbocycles. The number of pyridine rings is 1. The Hall–Kier alpha value is -3.67. The number of amides is 1. The third-order valence-corrected chi connectivity index (χ3v) is 5.14. The van der Waals surface area contributed by atoms with Crippen LogP contribution in [0.25, 0.3) is 11.2 Å². The van der Waals surface area contributed by atoms with Crippen molar-refractivity contribution in [2.45, 2.75) is 26.9 Å². The molecule has 1 N–H and O–H groups in total. The van der Waals surface area contributed by atoms with E-state index in [-0.39, 0.29) is 11.6 Å². The second-order valence-electron chi connectivity index (χ2n) is 7.48. The van der Waals surface area contributed by atoms with Crippen molar-refractivity contribution in [3.8, 4) is 0 Å². The van der Waals surface area contributed by atoms with Crippen LogP contribution in [0.2, 0.25) is 0 Å². The highest BCUT2D eigenvalue weighted by atomic mass is 16.2. The molecule has 30 heavy (non-hydrogen) atoms. The first-order valence-electron chi connectivity index (χ1n) is 9.97. The van der Waals surface area contributed by atoms with Crippen molar-refractivity contribution >= 4 is 17.1 Å². The summed E-state index contributed by atoms with van der Waals surface area (Å²) in [6.45, 7) is 5.16. The van der Waals surface area contributed by atoms with Gasteiger partial charge in [-0.2, -0.15) is 0 Å². The summed E-state index contributed by atoms with van der Waals surface area (Å²) in [4.78, 5) is 29.9. The predicted molar refractivity (Wildman–Crippen MR) is 118 cm³/mol. The zero-order chi connectivity index (χ0) is 21.1. The minimum atomic E-state index is -0.150. The van der Waals surface area contributed by atoms with Crippen LogP contribution in [0.4, 0.5) is 0 Å². The van der Waals surface area contributed by atoms with E-state index in [4.69, 9.17) is 0 Å². The van der Waals surface area contributed by atoms with Gasteiger partial charge in [0.2, 0.25) is 0 Å². The Morgan fingerprint density at radius 1 is 0.967 bits per heavy atom. The number of benzene rings is 2. The number of carbonyl (C=O) groups excluding carboxylic acids is 1. The molecule has 0 aliphatic heterocycles. The summed E-state index contributed by atoms with van der Waals surface area (Å²) >= 11 is 0. The molecule has 0 saturated carbocycles. The zero-order valence-electron chi connectivity index (χ0n) is 17.1. The predicted octanol–water partition coefficient (Wildman–Crippen LogP) is 3.29. The summed E-state index contributed by atoms with van der Waals surface area (Å²) in [5.41, 5.74) is 5.16. The third kappa shape index (κ3) is 4.03. The van der Waals surface area contributed by atoms with Gasteiger partial charge in [-0.05, 0) is 43.7 Å². The second kappa shape index (κ2) is 8.37. The van der Waals surface area contributed by atoms with Gasteiger partial charge in [0.1, 0.15) is 0 Å². The molecule has 2 heterocycles. The van der Waals surface area contributed by atoms with Crippen LogP contribution in [-0.4, -0.2) is 26.6 Å². The van der Waals surface area contributed by atoms with Gasteiger partial charge in [0, 0.05) is 24.8 Å². The van der Waals surface area contributed by atoms with Crippen molar-refractivity contribution in [3.63, 3.8) is 0 Å². The monoisotopic (exact) mass is 400 g/mol. The molecule has 1 amide bonds. The molecular formula is C24H24N4O2. The van der Waals surface area contributed by atoms with Crippen molar-refractivity contribution < 1.29 is 4.79 Å². The number of imidazole rings is 1. The number of nitrogens with one attached hydrogen (secondary N) is 1. The smallest absolute Gasteiger partial charge is 0.330 e. The Balaban J connectivity index is 1.55. The minimum Gasteiger partial charge on any atom is -0.350 e. The van der Waals surface area contributed by atoms with Crippen molar-refractivity contribution in [2.24, 2.45) is 0 Å². The number of nitrogens with zero attached hydrogens (tertiary/aromatic N) is 3. The second-order valence-corrected chi connectivity index (χ2v) is 7.48. The first-order chi connectivity index (χ1) is 14.5. The van der Waals surface area contributed by atoms with Crippen molar-refractivity contribution in [3.05, 3.63) is 99.6 Å². The maximum atomic E-state index is 13.1. The van der Waals surface area contributed by atoms with Gasteiger partial charge in [0.25, 0.3) is 5.91 Å². The van der Waals surface area contributed by atoms with Gasteiger partial charge < -0.3 is 5.32 Å². The summed E-state index contributed by atoms with van der Waals surface area (Å²) in [5.74, 6) is -0.150. The fourth-order valence-electron chi connectivity index (χ4n) is 3.55. The number of hydrogen-bond donors (Lipinski definition) is 1. The molecule has 4 rings (SSSR count). The van der Waals surface area contributed by atoms with Crippen LogP contribution in [-0.2, 0) is 13.1 Å². The molecule has 0 unspecified atom stereocenters. The molecule has 2 aromatic carbocycles. The summed E-state index contributed by atoms with van der Waals surface area (Å²) < 4.78 is 3.36. The molecule has 2 aromatic heterocycles. The Kier molecular flexibility index (Phi) is 5.48. The van der Waals surface area contributed by atoms with Crippen LogP contribution < -0.4 is 11.0 Å². The van der Waals surface area contributed by atoms with E-state index < -0.39 is 0 Å². The van der Waals surface area contributed by atoms with E-state index in [1.54, 1.807) is 21.4 Å². The third-order valence-electron chi connectivity index (χ3n) is 5.14. The van der Waals surface area contributed by atoms with Crippen LogP contribution >= 0.6 is 0 Å². The van der Waals surface area contributed by atoms with E-state index in [1.165, 1.54) is 5.56 Å². The van der Waals surface area contributed by atoms with Crippen LogP contribution in [0.1, 0.15) is 27.0 Å². The molecule has 0 saturated heterocycles. The van der Waals surface area contributed by atoms with Crippen molar-refractivity contribution in [1.82, 2.24) is 19.4 Å². The van der Waals surface area contributed by atoms with Crippen LogP contribution in [0, 0.1) is 13.8 Å². The van der Waals surface area contributed by atoms with Gasteiger partial charge in [0.05, 0.1) is 12.1 Å². The normalized spacial score (nSPS) is 11.0. The Morgan fingerprint density at radius 3 is 2.53 bits per heavy atom. The van der Waals surface area contributed by atoms with Gasteiger partial charge in [0.15, 0.2) is 5.65 Å². The molecule has 0 fully saturated rings. The lowest BCUT2D eigenvalue weighted by Gasteiger charge is -2.07. The number of rotatable bonds is 6. The van der Waals surface area contributed by atoms with Gasteiger partial charge in [-0.15, -0.1) is 0 Å². The van der Waals surface area contributed by atoms with E-state index in [9.17, 15) is 9.59 Å². The molecule has 6 nitrogen and oxygen atoms in total. The quantitative estimate of drug-likeness (QED) is 0.540. The van der Waals surface area contributed by atoms with Gasteiger partial charge >= 0.3 is 5.69 Å². The number of carbonyl (C=O) groups is 1. The number of aromatic nitrogens is 3. The number of hydrogen-bond acceptors (Lipinski definition) is 3. The lowest BCUT2D eigenvalue weighted by Crippen LogP contribution is -2.32. The summed E-state index contributed by atoms with van der Waals surface area (Å²) in [7, 11) is 0. The van der Waals surface area contributed by atoms with Gasteiger partial charge in [-0.1, -0.05) is 47.5 Å². The highest BCUT2D eigenvalue weighted by molar-refractivity contribution is 5.94. The molecule has 4 aromatic rings.